The number of ether oxygens (including phenoxy) is 1. The lowest BCUT2D eigenvalue weighted by atomic mass is 10.1. The van der Waals surface area contributed by atoms with Crippen molar-refractivity contribution in [3.8, 4) is 0 Å². The molecule has 2 nitrogen and oxygen atoms in total. The molecule has 1 aromatic rings. The Bertz CT molecular complexity index is 411. The molecule has 0 radical (unpaired) electrons. The van der Waals surface area contributed by atoms with Gasteiger partial charge in [0.2, 0.25) is 0 Å². The van der Waals surface area contributed by atoms with Gasteiger partial charge in [0, 0.05) is 22.0 Å². The fraction of sp³-hybridized carbons (Fsp3) is 0.429. The maximum absolute atomic E-state index is 11.3. The van der Waals surface area contributed by atoms with Crippen LogP contribution in [-0.4, -0.2) is 17.1 Å². The maximum Gasteiger partial charge on any atom is 0.0717 e. The van der Waals surface area contributed by atoms with E-state index in [-0.39, 0.29) is 0 Å². The minimum absolute atomic E-state index is 0.512. The van der Waals surface area contributed by atoms with Crippen molar-refractivity contribution in [1.29, 1.82) is 0 Å². The second-order valence-electron chi connectivity index (χ2n) is 4.43. The average molecular weight is 250 g/mol. The molecule has 0 saturated heterocycles. The highest BCUT2D eigenvalue weighted by Gasteiger charge is 2.19. The molecule has 17 heavy (non-hydrogen) atoms. The van der Waals surface area contributed by atoms with Gasteiger partial charge in [-0.25, -0.2) is 0 Å². The first-order valence-corrected chi connectivity index (χ1v) is 7.45. The standard InChI is InChI=1S/C14H18O2S/c1-17(15)14-8-7-13(9-14)11-16-10-12-5-3-2-4-6-12/h2-6,8,13H,7,9-11H2,1H3/t13-,17?/m1/s1. The Labute approximate surface area is 105 Å². The van der Waals surface area contributed by atoms with Crippen LogP contribution in [0.5, 0.6) is 0 Å². The van der Waals surface area contributed by atoms with E-state index in [9.17, 15) is 4.21 Å². The van der Waals surface area contributed by atoms with E-state index in [1.807, 2.05) is 18.2 Å². The second kappa shape index (κ2) is 6.12. The van der Waals surface area contributed by atoms with Gasteiger partial charge in [-0.1, -0.05) is 36.4 Å². The molecule has 2 atom stereocenters. The minimum atomic E-state index is -0.798. The third-order valence-electron chi connectivity index (χ3n) is 3.00. The number of allylic oxidation sites excluding steroid dienone is 2. The number of benzene rings is 1. The number of hydrogen-bond acceptors (Lipinski definition) is 2. The molecule has 0 amide bonds. The second-order valence-corrected chi connectivity index (χ2v) is 5.86. The zero-order valence-electron chi connectivity index (χ0n) is 10.1. The first-order chi connectivity index (χ1) is 8.25. The zero-order valence-corrected chi connectivity index (χ0v) is 10.9. The first-order valence-electron chi connectivity index (χ1n) is 5.90. The van der Waals surface area contributed by atoms with Gasteiger partial charge in [-0.15, -0.1) is 0 Å². The molecule has 0 aliphatic heterocycles. The van der Waals surface area contributed by atoms with Crippen LogP contribution >= 0.6 is 0 Å². The highest BCUT2D eigenvalue weighted by molar-refractivity contribution is 7.88. The van der Waals surface area contributed by atoms with Crippen molar-refractivity contribution in [3.63, 3.8) is 0 Å². The van der Waals surface area contributed by atoms with Crippen LogP contribution in [0, 0.1) is 5.92 Å². The fourth-order valence-electron chi connectivity index (χ4n) is 2.03. The van der Waals surface area contributed by atoms with Crippen molar-refractivity contribution >= 4 is 10.8 Å². The van der Waals surface area contributed by atoms with E-state index in [0.29, 0.717) is 12.5 Å². The Morgan fingerprint density at radius 2 is 2.12 bits per heavy atom. The van der Waals surface area contributed by atoms with Gasteiger partial charge in [-0.2, -0.15) is 0 Å². The van der Waals surface area contributed by atoms with Crippen LogP contribution in [0.15, 0.2) is 41.3 Å². The van der Waals surface area contributed by atoms with Crippen molar-refractivity contribution in [2.45, 2.75) is 19.4 Å². The summed E-state index contributed by atoms with van der Waals surface area (Å²) in [6, 6.07) is 10.2. The molecule has 0 bridgehead atoms. The molecule has 0 heterocycles. The molecular formula is C14H18O2S. The zero-order chi connectivity index (χ0) is 12.1. The van der Waals surface area contributed by atoms with Gasteiger partial charge in [-0.3, -0.25) is 4.21 Å². The van der Waals surface area contributed by atoms with Gasteiger partial charge in [0.1, 0.15) is 0 Å². The molecule has 2 rings (SSSR count). The Kier molecular flexibility index (Phi) is 4.51. The van der Waals surface area contributed by atoms with E-state index >= 15 is 0 Å². The third-order valence-corrected chi connectivity index (χ3v) is 4.07. The normalized spacial score (nSPS) is 21.2. The van der Waals surface area contributed by atoms with E-state index in [2.05, 4.69) is 18.2 Å². The molecule has 0 aromatic heterocycles. The summed E-state index contributed by atoms with van der Waals surface area (Å²) in [6.07, 6.45) is 5.79. The molecule has 0 fully saturated rings. The van der Waals surface area contributed by atoms with Crippen LogP contribution < -0.4 is 0 Å². The summed E-state index contributed by atoms with van der Waals surface area (Å²) in [5.41, 5.74) is 1.21. The van der Waals surface area contributed by atoms with Crippen molar-refractivity contribution < 1.29 is 8.95 Å². The molecule has 1 aliphatic rings. The van der Waals surface area contributed by atoms with Gasteiger partial charge >= 0.3 is 0 Å². The van der Waals surface area contributed by atoms with Crippen LogP contribution in [0.4, 0.5) is 0 Å². The lowest BCUT2D eigenvalue weighted by Crippen LogP contribution is -2.07. The minimum Gasteiger partial charge on any atom is -0.376 e. The average Bonchev–Trinajstić information content (AvgIpc) is 2.79. The molecule has 0 N–H and O–H groups in total. The van der Waals surface area contributed by atoms with Crippen LogP contribution in [0.3, 0.4) is 0 Å². The van der Waals surface area contributed by atoms with Crippen LogP contribution in [-0.2, 0) is 22.1 Å². The van der Waals surface area contributed by atoms with Crippen LogP contribution in [0.2, 0.25) is 0 Å². The predicted molar refractivity (Wildman–Crippen MR) is 71.0 cm³/mol. The van der Waals surface area contributed by atoms with E-state index in [4.69, 9.17) is 4.74 Å². The lowest BCUT2D eigenvalue weighted by Gasteiger charge is -2.10. The summed E-state index contributed by atoms with van der Waals surface area (Å²) in [7, 11) is -0.798. The molecule has 0 spiro atoms. The largest absolute Gasteiger partial charge is 0.376 e. The quantitative estimate of drug-likeness (QED) is 0.803. The van der Waals surface area contributed by atoms with Gasteiger partial charge in [-0.05, 0) is 24.3 Å². The summed E-state index contributed by atoms with van der Waals surface area (Å²) >= 11 is 0. The Hall–Kier alpha value is -0.930. The van der Waals surface area contributed by atoms with Gasteiger partial charge in [0.25, 0.3) is 0 Å². The van der Waals surface area contributed by atoms with Crippen molar-refractivity contribution in [3.05, 3.63) is 46.9 Å². The molecule has 1 unspecified atom stereocenters. The van der Waals surface area contributed by atoms with E-state index in [1.54, 1.807) is 6.26 Å². The van der Waals surface area contributed by atoms with Gasteiger partial charge in [0.05, 0.1) is 13.2 Å². The predicted octanol–water partition coefficient (Wildman–Crippen LogP) is 2.88. The smallest absolute Gasteiger partial charge is 0.0717 e. The van der Waals surface area contributed by atoms with E-state index < -0.39 is 10.8 Å². The van der Waals surface area contributed by atoms with Crippen LogP contribution in [0.25, 0.3) is 0 Å². The molecule has 1 aromatic carbocycles. The molecule has 3 heteroatoms. The van der Waals surface area contributed by atoms with Crippen molar-refractivity contribution in [1.82, 2.24) is 0 Å². The van der Waals surface area contributed by atoms with Crippen molar-refractivity contribution in [2.24, 2.45) is 5.92 Å². The highest BCUT2D eigenvalue weighted by atomic mass is 32.2. The summed E-state index contributed by atoms with van der Waals surface area (Å²) in [5.74, 6) is 0.512. The Morgan fingerprint density at radius 1 is 1.35 bits per heavy atom. The van der Waals surface area contributed by atoms with Crippen molar-refractivity contribution in [2.75, 3.05) is 12.9 Å². The Morgan fingerprint density at radius 3 is 2.76 bits per heavy atom. The molecule has 1 aliphatic carbocycles. The number of hydrogen-bond donors (Lipinski definition) is 0. The summed E-state index contributed by atoms with van der Waals surface area (Å²) in [6.45, 7) is 1.42. The molecule has 92 valence electrons. The monoisotopic (exact) mass is 250 g/mol. The highest BCUT2D eigenvalue weighted by Crippen LogP contribution is 2.26. The third kappa shape index (κ3) is 3.79. The maximum atomic E-state index is 11.3. The van der Waals surface area contributed by atoms with E-state index in [1.165, 1.54) is 5.56 Å². The SMILES string of the molecule is CS(=O)C1=CC[C@@H](COCc2ccccc2)C1. The van der Waals surface area contributed by atoms with Gasteiger partial charge in [0.15, 0.2) is 0 Å². The molecule has 0 saturated carbocycles. The summed E-state index contributed by atoms with van der Waals surface area (Å²) < 4.78 is 17.0. The fourth-order valence-corrected chi connectivity index (χ4v) is 2.83. The summed E-state index contributed by atoms with van der Waals surface area (Å²) in [5, 5.41) is 0. The van der Waals surface area contributed by atoms with Crippen LogP contribution in [0.1, 0.15) is 18.4 Å². The number of rotatable bonds is 5. The Balaban J connectivity index is 1.70. The summed E-state index contributed by atoms with van der Waals surface area (Å²) in [4.78, 5) is 1.08. The van der Waals surface area contributed by atoms with E-state index in [0.717, 1.165) is 24.4 Å². The molecular weight excluding hydrogens is 232 g/mol. The van der Waals surface area contributed by atoms with Gasteiger partial charge < -0.3 is 4.74 Å². The topological polar surface area (TPSA) is 26.3 Å². The first kappa shape index (κ1) is 12.5. The lowest BCUT2D eigenvalue weighted by molar-refractivity contribution is 0.0904.